The van der Waals surface area contributed by atoms with Crippen LogP contribution in [-0.4, -0.2) is 57.0 Å². The molecular weight excluding hydrogens is 453 g/mol. The van der Waals surface area contributed by atoms with Crippen LogP contribution in [0.2, 0.25) is 0 Å². The lowest BCUT2D eigenvalue weighted by Gasteiger charge is -2.36. The van der Waals surface area contributed by atoms with Crippen molar-refractivity contribution in [1.82, 2.24) is 24.5 Å². The first-order valence-electron chi connectivity index (χ1n) is 11.9. The number of carbonyl (C=O) groups is 1. The number of hydrogen-bond acceptors (Lipinski definition) is 7. The molecule has 3 aromatic rings. The van der Waals surface area contributed by atoms with Crippen molar-refractivity contribution >= 4 is 28.9 Å². The molecule has 0 bridgehead atoms. The van der Waals surface area contributed by atoms with Gasteiger partial charge in [-0.05, 0) is 44.7 Å². The van der Waals surface area contributed by atoms with Crippen LogP contribution in [0.4, 0.5) is 21.7 Å². The van der Waals surface area contributed by atoms with Crippen molar-refractivity contribution in [3.63, 3.8) is 0 Å². The minimum atomic E-state index is -1.01. The van der Waals surface area contributed by atoms with Crippen molar-refractivity contribution in [1.29, 1.82) is 0 Å². The number of hydrogen-bond donors (Lipinski definition) is 3. The monoisotopic (exact) mass is 483 g/mol. The molecule has 0 spiro atoms. The van der Waals surface area contributed by atoms with Gasteiger partial charge in [0, 0.05) is 38.9 Å². The molecule has 0 aliphatic heterocycles. The van der Waals surface area contributed by atoms with Gasteiger partial charge in [0.15, 0.2) is 5.65 Å². The predicted molar refractivity (Wildman–Crippen MR) is 130 cm³/mol. The molecule has 0 aromatic carbocycles. The number of nitrogens with one attached hydrogen (secondary N) is 3. The fourth-order valence-corrected chi connectivity index (χ4v) is 4.65. The average Bonchev–Trinajstić information content (AvgIpc) is 3.37. The van der Waals surface area contributed by atoms with Crippen LogP contribution < -0.4 is 21.5 Å². The first-order chi connectivity index (χ1) is 16.8. The minimum absolute atomic E-state index is 0.0997. The van der Waals surface area contributed by atoms with Crippen molar-refractivity contribution in [3.05, 3.63) is 46.5 Å². The summed E-state index contributed by atoms with van der Waals surface area (Å²) in [6, 6.07) is 4.90. The summed E-state index contributed by atoms with van der Waals surface area (Å²) >= 11 is 0. The number of aromatic nitrogens is 4. The number of ether oxygens (including phenoxy) is 1. The maximum atomic E-state index is 13.3. The maximum absolute atomic E-state index is 13.3. The fraction of sp³-hybridized carbons (Fsp3) is 0.500. The summed E-state index contributed by atoms with van der Waals surface area (Å²) in [4.78, 5) is 30.5. The van der Waals surface area contributed by atoms with E-state index in [1.54, 1.807) is 30.9 Å². The molecule has 3 aromatic heterocycles. The number of alkyl halides is 1. The van der Waals surface area contributed by atoms with E-state index < -0.39 is 18.1 Å². The summed E-state index contributed by atoms with van der Waals surface area (Å²) in [5, 5.41) is 13.1. The second kappa shape index (κ2) is 8.95. The summed E-state index contributed by atoms with van der Waals surface area (Å²) < 4.78 is 22.2. The number of fused-ring (bicyclic) bond motifs is 1. The SMILES string of the molecule is CNc1cc(Nc2cccn(C3CCC(C)(OC)CC3)c2=O)nc2c(C(=O)N[C@H]3C[C@H]3F)cnn12. The zero-order valence-electron chi connectivity index (χ0n) is 20.0. The Balaban J connectivity index is 1.42. The van der Waals surface area contributed by atoms with E-state index in [0.717, 1.165) is 25.7 Å². The van der Waals surface area contributed by atoms with Gasteiger partial charge in [0.1, 0.15) is 29.1 Å². The largest absolute Gasteiger partial charge is 0.379 e. The van der Waals surface area contributed by atoms with Crippen molar-refractivity contribution in [2.45, 2.75) is 62.9 Å². The van der Waals surface area contributed by atoms with Gasteiger partial charge >= 0.3 is 0 Å². The van der Waals surface area contributed by atoms with Crippen molar-refractivity contribution in [2.75, 3.05) is 24.8 Å². The number of rotatable bonds is 7. The first kappa shape index (κ1) is 23.3. The van der Waals surface area contributed by atoms with Crippen LogP contribution in [0.5, 0.6) is 0 Å². The highest BCUT2D eigenvalue weighted by Gasteiger charge is 2.39. The molecule has 11 heteroatoms. The van der Waals surface area contributed by atoms with Gasteiger partial charge < -0.3 is 25.3 Å². The third kappa shape index (κ3) is 4.47. The van der Waals surface area contributed by atoms with Gasteiger partial charge in [0.25, 0.3) is 11.5 Å². The van der Waals surface area contributed by atoms with Crippen LogP contribution in [0, 0.1) is 0 Å². The molecule has 2 fully saturated rings. The molecule has 186 valence electrons. The Morgan fingerprint density at radius 1 is 1.31 bits per heavy atom. The summed E-state index contributed by atoms with van der Waals surface area (Å²) in [6.45, 7) is 2.11. The highest BCUT2D eigenvalue weighted by molar-refractivity contribution is 6.00. The van der Waals surface area contributed by atoms with Gasteiger partial charge in [0.2, 0.25) is 0 Å². The zero-order valence-corrected chi connectivity index (χ0v) is 20.0. The molecular formula is C24H30FN7O3. The quantitative estimate of drug-likeness (QED) is 0.473. The smallest absolute Gasteiger partial charge is 0.274 e. The van der Waals surface area contributed by atoms with Crippen LogP contribution in [0.25, 0.3) is 5.65 Å². The van der Waals surface area contributed by atoms with E-state index in [1.807, 2.05) is 12.3 Å². The molecule has 10 nitrogen and oxygen atoms in total. The molecule has 2 atom stereocenters. The number of carbonyl (C=O) groups excluding carboxylic acids is 1. The molecule has 3 heterocycles. The number of anilines is 3. The van der Waals surface area contributed by atoms with E-state index in [1.165, 1.54) is 10.7 Å². The predicted octanol–water partition coefficient (Wildman–Crippen LogP) is 3.04. The lowest BCUT2D eigenvalue weighted by atomic mass is 9.83. The van der Waals surface area contributed by atoms with Crippen LogP contribution in [0.3, 0.4) is 0 Å². The first-order valence-corrected chi connectivity index (χ1v) is 11.9. The number of halogens is 1. The summed E-state index contributed by atoms with van der Waals surface area (Å²) in [6.07, 6.45) is 6.03. The minimum Gasteiger partial charge on any atom is -0.379 e. The van der Waals surface area contributed by atoms with Crippen LogP contribution in [0.1, 0.15) is 55.4 Å². The Morgan fingerprint density at radius 3 is 2.71 bits per heavy atom. The molecule has 0 unspecified atom stereocenters. The number of nitrogens with zero attached hydrogens (tertiary/aromatic N) is 4. The zero-order chi connectivity index (χ0) is 24.7. The Labute approximate surface area is 201 Å². The van der Waals surface area contributed by atoms with Gasteiger partial charge in [-0.1, -0.05) is 0 Å². The normalized spacial score (nSPS) is 25.9. The molecule has 5 rings (SSSR count). The van der Waals surface area contributed by atoms with Crippen LogP contribution >= 0.6 is 0 Å². The number of pyridine rings is 1. The third-order valence-electron chi connectivity index (χ3n) is 7.14. The Kier molecular flexibility index (Phi) is 5.96. The van der Waals surface area contributed by atoms with E-state index in [4.69, 9.17) is 4.74 Å². The average molecular weight is 484 g/mol. The molecule has 1 amide bonds. The molecule has 3 N–H and O–H groups in total. The van der Waals surface area contributed by atoms with Gasteiger partial charge in [-0.3, -0.25) is 9.59 Å². The Hall–Kier alpha value is -3.47. The molecule has 35 heavy (non-hydrogen) atoms. The maximum Gasteiger partial charge on any atom is 0.274 e. The second-order valence-corrected chi connectivity index (χ2v) is 9.55. The van der Waals surface area contributed by atoms with E-state index >= 15 is 0 Å². The molecule has 0 saturated heterocycles. The molecule has 2 aliphatic rings. The molecule has 2 saturated carbocycles. The van der Waals surface area contributed by atoms with Gasteiger partial charge in [-0.15, -0.1) is 0 Å². The Morgan fingerprint density at radius 2 is 2.06 bits per heavy atom. The highest BCUT2D eigenvalue weighted by Crippen LogP contribution is 2.36. The van der Waals surface area contributed by atoms with E-state index in [-0.39, 0.29) is 22.8 Å². The third-order valence-corrected chi connectivity index (χ3v) is 7.14. The van der Waals surface area contributed by atoms with E-state index in [9.17, 15) is 14.0 Å². The topological polar surface area (TPSA) is 115 Å². The summed E-state index contributed by atoms with van der Waals surface area (Å²) in [5.41, 5.74) is 0.641. The summed E-state index contributed by atoms with van der Waals surface area (Å²) in [7, 11) is 3.46. The van der Waals surface area contributed by atoms with Crippen LogP contribution in [-0.2, 0) is 4.74 Å². The van der Waals surface area contributed by atoms with Crippen molar-refractivity contribution < 1.29 is 13.9 Å². The second-order valence-electron chi connectivity index (χ2n) is 9.55. The van der Waals surface area contributed by atoms with Gasteiger partial charge in [-0.2, -0.15) is 9.61 Å². The van der Waals surface area contributed by atoms with Gasteiger partial charge in [-0.25, -0.2) is 9.37 Å². The highest BCUT2D eigenvalue weighted by atomic mass is 19.1. The summed E-state index contributed by atoms with van der Waals surface area (Å²) in [5.74, 6) is 0.532. The lowest BCUT2D eigenvalue weighted by molar-refractivity contribution is -0.0324. The molecule has 0 radical (unpaired) electrons. The standard InChI is InChI=1S/C24H30FN7O3/c1-24(35-3)8-6-14(7-9-24)31-10-4-5-17(23(31)34)28-19-12-20(26-2)32-21(30-19)15(13-27-32)22(33)29-18-11-16(18)25/h4-5,10,12-14,16,18,26H,6-9,11H2,1-3H3,(H,28,30)(H,29,33)/t14?,16-,18+,24?/m1/s1. The molecule has 2 aliphatic carbocycles. The number of amides is 1. The Bertz CT molecular complexity index is 1310. The van der Waals surface area contributed by atoms with E-state index in [2.05, 4.69) is 33.0 Å². The number of methoxy groups -OCH3 is 1. The van der Waals surface area contributed by atoms with Crippen molar-refractivity contribution in [3.8, 4) is 0 Å². The lowest BCUT2D eigenvalue weighted by Crippen LogP contribution is -2.36. The fourth-order valence-electron chi connectivity index (χ4n) is 4.65. The van der Waals surface area contributed by atoms with Crippen LogP contribution in [0.15, 0.2) is 35.4 Å². The van der Waals surface area contributed by atoms with Crippen molar-refractivity contribution in [2.24, 2.45) is 0 Å². The van der Waals surface area contributed by atoms with Gasteiger partial charge in [0.05, 0.1) is 17.8 Å². The van der Waals surface area contributed by atoms with E-state index in [0.29, 0.717) is 29.4 Å².